The minimum atomic E-state index is -0.0603. The van der Waals surface area contributed by atoms with Crippen LogP contribution in [0.1, 0.15) is 62.4 Å². The summed E-state index contributed by atoms with van der Waals surface area (Å²) in [6.07, 6.45) is 1.62. The monoisotopic (exact) mass is 794 g/mol. The van der Waals surface area contributed by atoms with Gasteiger partial charge in [0.1, 0.15) is 31.3 Å². The number of hydrogen-bond donors (Lipinski definition) is 2. The third-order valence-electron chi connectivity index (χ3n) is 11.5. The Balaban J connectivity index is 0.934. The lowest BCUT2D eigenvalue weighted by Gasteiger charge is -2.23. The highest BCUT2D eigenvalue weighted by Crippen LogP contribution is 2.42. The van der Waals surface area contributed by atoms with Crippen LogP contribution in [0.4, 0.5) is 22.7 Å². The van der Waals surface area contributed by atoms with Gasteiger partial charge in [0.05, 0.1) is 48.3 Å². The summed E-state index contributed by atoms with van der Waals surface area (Å²) < 4.78 is 30.7. The Kier molecular flexibility index (Phi) is 10.5. The average molecular weight is 795 g/mol. The van der Waals surface area contributed by atoms with Gasteiger partial charge in [0, 0.05) is 43.2 Å². The van der Waals surface area contributed by atoms with Crippen molar-refractivity contribution >= 4 is 34.6 Å². The number of hydrogen-bond acceptors (Lipinski definition) is 9. The second-order valence-electron chi connectivity index (χ2n) is 16.2. The summed E-state index contributed by atoms with van der Waals surface area (Å²) in [7, 11) is 1.58. The van der Waals surface area contributed by atoms with E-state index in [2.05, 4.69) is 36.6 Å². The van der Waals surface area contributed by atoms with Gasteiger partial charge in [-0.2, -0.15) is 0 Å². The lowest BCUT2D eigenvalue weighted by atomic mass is 10.1. The van der Waals surface area contributed by atoms with E-state index in [0.717, 1.165) is 46.6 Å². The number of carbonyl (C=O) groups is 2. The molecule has 11 nitrogen and oxygen atoms in total. The summed E-state index contributed by atoms with van der Waals surface area (Å²) in [4.78, 5) is 31.8. The van der Waals surface area contributed by atoms with Gasteiger partial charge in [0.25, 0.3) is 11.8 Å². The molecule has 4 heterocycles. The topological polar surface area (TPSA) is 111 Å². The Morgan fingerprint density at radius 1 is 0.661 bits per heavy atom. The zero-order chi connectivity index (χ0) is 40.6. The molecule has 11 heteroatoms. The molecule has 9 rings (SSSR count). The smallest absolute Gasteiger partial charge is 0.260 e. The van der Waals surface area contributed by atoms with Crippen LogP contribution in [-0.4, -0.2) is 63.9 Å². The number of anilines is 4. The molecule has 2 atom stereocenters. The predicted octanol–water partition coefficient (Wildman–Crippen LogP) is 8.21. The maximum absolute atomic E-state index is 14.0. The van der Waals surface area contributed by atoms with Gasteiger partial charge in [-0.15, -0.1) is 0 Å². The largest absolute Gasteiger partial charge is 0.493 e. The molecule has 4 aliphatic rings. The maximum Gasteiger partial charge on any atom is 0.260 e. The number of carbonyl (C=O) groups excluding carboxylic acids is 2. The van der Waals surface area contributed by atoms with E-state index in [0.29, 0.717) is 78.6 Å². The van der Waals surface area contributed by atoms with Crippen molar-refractivity contribution in [1.82, 2.24) is 0 Å². The summed E-state index contributed by atoms with van der Waals surface area (Å²) in [5.74, 6) is 2.73. The van der Waals surface area contributed by atoms with E-state index in [9.17, 15) is 9.59 Å². The molecule has 0 spiro atoms. The first-order valence-electron chi connectivity index (χ1n) is 20.5. The van der Waals surface area contributed by atoms with Crippen LogP contribution in [0.15, 0.2) is 91.0 Å². The fourth-order valence-electron chi connectivity index (χ4n) is 8.67. The average Bonchev–Trinajstić information content (AvgIpc) is 3.73. The van der Waals surface area contributed by atoms with Gasteiger partial charge in [-0.3, -0.25) is 9.59 Å². The Bertz CT molecular complexity index is 2410. The molecule has 0 radical (unpaired) electrons. The molecule has 5 aromatic carbocycles. The lowest BCUT2D eigenvalue weighted by molar-refractivity contribution is 0.0818. The van der Waals surface area contributed by atoms with Crippen molar-refractivity contribution in [2.24, 2.45) is 5.92 Å². The van der Waals surface area contributed by atoms with E-state index >= 15 is 0 Å². The highest BCUT2D eigenvalue weighted by atomic mass is 16.5. The van der Waals surface area contributed by atoms with Crippen molar-refractivity contribution in [3.8, 4) is 23.0 Å². The van der Waals surface area contributed by atoms with Crippen LogP contribution in [0.2, 0.25) is 0 Å². The number of methoxy groups -OCH3 is 1. The third-order valence-corrected chi connectivity index (χ3v) is 11.5. The number of para-hydroxylation sites is 2. The van der Waals surface area contributed by atoms with E-state index in [1.54, 1.807) is 13.2 Å². The van der Waals surface area contributed by atoms with Crippen molar-refractivity contribution in [2.45, 2.75) is 58.9 Å². The van der Waals surface area contributed by atoms with Gasteiger partial charge in [-0.05, 0) is 96.0 Å². The number of nitrogens with one attached hydrogen (secondary N) is 2. The zero-order valence-electron chi connectivity index (χ0n) is 34.0. The van der Waals surface area contributed by atoms with Gasteiger partial charge in [0.15, 0.2) is 11.5 Å². The molecule has 59 heavy (non-hydrogen) atoms. The van der Waals surface area contributed by atoms with Gasteiger partial charge in [0.2, 0.25) is 0 Å². The summed E-state index contributed by atoms with van der Waals surface area (Å²) in [5.41, 5.74) is 9.62. The maximum atomic E-state index is 14.0. The number of amides is 2. The molecule has 0 fully saturated rings. The Morgan fingerprint density at radius 2 is 1.22 bits per heavy atom. The fourth-order valence-corrected chi connectivity index (χ4v) is 8.67. The Morgan fingerprint density at radius 3 is 1.81 bits per heavy atom. The molecule has 0 bridgehead atoms. The second kappa shape index (κ2) is 16.2. The summed E-state index contributed by atoms with van der Waals surface area (Å²) in [6, 6.07) is 29.8. The molecule has 0 aliphatic carbocycles. The van der Waals surface area contributed by atoms with Gasteiger partial charge in [-0.1, -0.05) is 50.2 Å². The van der Waals surface area contributed by atoms with Crippen LogP contribution in [0.25, 0.3) is 0 Å². The van der Waals surface area contributed by atoms with E-state index in [1.165, 1.54) is 11.1 Å². The van der Waals surface area contributed by atoms with Crippen molar-refractivity contribution in [3.05, 3.63) is 130 Å². The predicted molar refractivity (Wildman–Crippen MR) is 229 cm³/mol. The second-order valence-corrected chi connectivity index (χ2v) is 16.2. The lowest BCUT2D eigenvalue weighted by Crippen LogP contribution is -2.39. The molecule has 0 saturated carbocycles. The van der Waals surface area contributed by atoms with Crippen LogP contribution in [-0.2, 0) is 30.8 Å². The minimum Gasteiger partial charge on any atom is -0.493 e. The van der Waals surface area contributed by atoms with E-state index in [-0.39, 0.29) is 37.1 Å². The van der Waals surface area contributed by atoms with Crippen LogP contribution in [0, 0.1) is 12.8 Å². The first-order chi connectivity index (χ1) is 28.7. The van der Waals surface area contributed by atoms with E-state index < -0.39 is 0 Å². The van der Waals surface area contributed by atoms with E-state index in [1.807, 2.05) is 89.5 Å². The number of aryl methyl sites for hydroxylation is 1. The normalized spacial score (nSPS) is 17.4. The number of ether oxygens (including phenoxy) is 5. The highest BCUT2D eigenvalue weighted by Gasteiger charge is 2.39. The van der Waals surface area contributed by atoms with Crippen molar-refractivity contribution in [1.29, 1.82) is 0 Å². The quantitative estimate of drug-likeness (QED) is 0.114. The summed E-state index contributed by atoms with van der Waals surface area (Å²) in [6.45, 7) is 9.47. The van der Waals surface area contributed by atoms with Gasteiger partial charge < -0.3 is 44.1 Å². The molecule has 0 saturated heterocycles. The van der Waals surface area contributed by atoms with Crippen LogP contribution < -0.4 is 39.4 Å². The van der Waals surface area contributed by atoms with E-state index in [4.69, 9.17) is 23.7 Å². The summed E-state index contributed by atoms with van der Waals surface area (Å²) in [5, 5.41) is 7.05. The van der Waals surface area contributed by atoms with Gasteiger partial charge >= 0.3 is 0 Å². The first-order valence-corrected chi connectivity index (χ1v) is 20.5. The fraction of sp³-hybridized carbons (Fsp3) is 0.333. The van der Waals surface area contributed by atoms with Crippen molar-refractivity contribution in [2.75, 3.05) is 60.5 Å². The first kappa shape index (κ1) is 38.3. The number of rotatable bonds is 13. The molecular formula is C48H50N4O7. The highest BCUT2D eigenvalue weighted by molar-refractivity contribution is 6.13. The Hall–Kier alpha value is -6.20. The summed E-state index contributed by atoms with van der Waals surface area (Å²) >= 11 is 0. The molecule has 2 amide bonds. The molecule has 5 aromatic rings. The van der Waals surface area contributed by atoms with Crippen molar-refractivity contribution in [3.63, 3.8) is 0 Å². The number of nitrogens with zero attached hydrogens (tertiary/aromatic N) is 2. The third kappa shape index (κ3) is 7.62. The molecule has 2 N–H and O–H groups in total. The standard InChI is InChI=1S/C48H50N4O7/c1-29(2)26-56-13-14-57-37-17-31(27-58-44-22-40-38(15-30(44)3)47(53)51-35(24-49-40)19-33-9-5-7-11-42(33)51)16-32(18-37)28-59-46-23-41-39(21-45(46)55-4)48(54)52-36(25-50-41)20-34-10-6-8-12-43(34)52/h5-12,15-18,21-23,29,35-36,49-50H,13-14,19-20,24-28H2,1-4H3/t35-,36-/m0/s1. The SMILES string of the molecule is COc1cc2c(cc1OCc1cc(COc3cc4c(cc3C)C(=O)N3c5ccccc5C[C@H]3CN4)cc(OCCOCC(C)C)c1)NC[C@@H]1Cc3ccccc3N1C2=O. The van der Waals surface area contributed by atoms with Crippen LogP contribution in [0.5, 0.6) is 23.0 Å². The molecule has 0 unspecified atom stereocenters. The van der Waals surface area contributed by atoms with Gasteiger partial charge in [-0.25, -0.2) is 0 Å². The minimum absolute atomic E-state index is 0.000991. The number of benzene rings is 5. The molecule has 0 aromatic heterocycles. The van der Waals surface area contributed by atoms with Crippen LogP contribution in [0.3, 0.4) is 0 Å². The molecule has 4 aliphatic heterocycles. The zero-order valence-corrected chi connectivity index (χ0v) is 34.0. The molecule has 304 valence electrons. The van der Waals surface area contributed by atoms with Crippen LogP contribution >= 0.6 is 0 Å². The molecular weight excluding hydrogens is 745 g/mol. The number of fused-ring (bicyclic) bond motifs is 8. The Labute approximate surface area is 345 Å². The van der Waals surface area contributed by atoms with Crippen molar-refractivity contribution < 1.29 is 33.3 Å².